The summed E-state index contributed by atoms with van der Waals surface area (Å²) in [6, 6.07) is 5.85. The lowest BCUT2D eigenvalue weighted by atomic mass is 10.0. The summed E-state index contributed by atoms with van der Waals surface area (Å²) in [6.45, 7) is 2.01. The predicted molar refractivity (Wildman–Crippen MR) is 68.4 cm³/mol. The van der Waals surface area contributed by atoms with Gasteiger partial charge in [-0.1, -0.05) is 0 Å². The Morgan fingerprint density at radius 3 is 2.72 bits per heavy atom. The zero-order valence-electron chi connectivity index (χ0n) is 10.1. The summed E-state index contributed by atoms with van der Waals surface area (Å²) in [5.41, 5.74) is 3.63. The first-order valence-electron chi connectivity index (χ1n) is 5.63. The van der Waals surface area contributed by atoms with Crippen molar-refractivity contribution in [1.82, 2.24) is 19.5 Å². The largest absolute Gasteiger partial charge is 0.347 e. The van der Waals surface area contributed by atoms with E-state index in [1.165, 1.54) is 0 Å². The fourth-order valence-electron chi connectivity index (χ4n) is 2.12. The topological polar surface area (TPSA) is 63.6 Å². The van der Waals surface area contributed by atoms with Gasteiger partial charge >= 0.3 is 5.69 Å². The Morgan fingerprint density at radius 2 is 2.00 bits per heavy atom. The molecule has 0 bridgehead atoms. The van der Waals surface area contributed by atoms with Gasteiger partial charge in [0.25, 0.3) is 0 Å². The number of hydrogen-bond donors (Lipinski definition) is 1. The average molecular weight is 240 g/mol. The Balaban J connectivity index is 2.35. The van der Waals surface area contributed by atoms with Gasteiger partial charge in [0.2, 0.25) is 0 Å². The van der Waals surface area contributed by atoms with Crippen LogP contribution in [0.15, 0.2) is 35.4 Å². The monoisotopic (exact) mass is 240 g/mol. The van der Waals surface area contributed by atoms with Crippen molar-refractivity contribution in [2.24, 2.45) is 7.05 Å². The highest BCUT2D eigenvalue weighted by Gasteiger charge is 2.15. The van der Waals surface area contributed by atoms with Gasteiger partial charge in [-0.25, -0.2) is 4.79 Å². The van der Waals surface area contributed by atoms with Gasteiger partial charge in [-0.3, -0.25) is 4.98 Å². The third-order valence-corrected chi connectivity index (χ3v) is 3.18. The fraction of sp³-hybridized carbons (Fsp3) is 0.154. The highest BCUT2D eigenvalue weighted by Crippen LogP contribution is 2.28. The summed E-state index contributed by atoms with van der Waals surface area (Å²) >= 11 is 0. The molecule has 1 N–H and O–H groups in total. The molecule has 3 heterocycles. The van der Waals surface area contributed by atoms with Crippen LogP contribution in [-0.4, -0.2) is 19.5 Å². The van der Waals surface area contributed by atoms with Crippen LogP contribution < -0.4 is 5.69 Å². The first-order valence-corrected chi connectivity index (χ1v) is 5.63. The number of aromatic nitrogens is 4. The maximum Gasteiger partial charge on any atom is 0.347 e. The lowest BCUT2D eigenvalue weighted by Gasteiger charge is -2.14. The molecule has 0 amide bonds. The molecule has 0 saturated heterocycles. The molecule has 0 atom stereocenters. The smallest absolute Gasteiger partial charge is 0.331 e. The summed E-state index contributed by atoms with van der Waals surface area (Å²) in [6.07, 6.45) is 3.51. The minimum atomic E-state index is -0.313. The van der Waals surface area contributed by atoms with Crippen LogP contribution >= 0.6 is 0 Å². The van der Waals surface area contributed by atoms with Crippen LogP contribution in [0.25, 0.3) is 22.6 Å². The van der Waals surface area contributed by atoms with E-state index in [0.717, 1.165) is 22.5 Å². The Labute approximate surface area is 103 Å². The molecule has 1 aromatic rings. The average Bonchev–Trinajstić information content (AvgIpc) is 2.76. The number of rotatable bonds is 1. The van der Waals surface area contributed by atoms with E-state index < -0.39 is 0 Å². The number of pyridine rings is 2. The summed E-state index contributed by atoms with van der Waals surface area (Å²) in [4.78, 5) is 22.0. The van der Waals surface area contributed by atoms with E-state index in [-0.39, 0.29) is 5.69 Å². The van der Waals surface area contributed by atoms with Crippen LogP contribution in [0.2, 0.25) is 0 Å². The molecule has 0 aromatic carbocycles. The van der Waals surface area contributed by atoms with E-state index in [4.69, 9.17) is 0 Å². The first-order chi connectivity index (χ1) is 8.66. The second-order valence-electron chi connectivity index (χ2n) is 4.22. The van der Waals surface area contributed by atoms with Gasteiger partial charge in [-0.2, -0.15) is 4.98 Å². The molecule has 0 saturated carbocycles. The predicted octanol–water partition coefficient (Wildman–Crippen LogP) is 1.58. The summed E-state index contributed by atoms with van der Waals surface area (Å²) < 4.78 is 1.92. The molecule has 0 spiro atoms. The third kappa shape index (κ3) is 1.52. The summed E-state index contributed by atoms with van der Waals surface area (Å²) in [5, 5.41) is 0. The van der Waals surface area contributed by atoms with Crippen molar-refractivity contribution in [2.45, 2.75) is 6.92 Å². The van der Waals surface area contributed by atoms with Crippen molar-refractivity contribution < 1.29 is 0 Å². The number of fused-ring (bicyclic) bond motifs is 1. The minimum absolute atomic E-state index is 0.313. The highest BCUT2D eigenvalue weighted by atomic mass is 16.1. The van der Waals surface area contributed by atoms with Crippen LogP contribution in [0.5, 0.6) is 0 Å². The molecule has 0 radical (unpaired) electrons. The molecule has 18 heavy (non-hydrogen) atoms. The molecule has 90 valence electrons. The maximum absolute atomic E-state index is 11.3. The Hall–Kier alpha value is -2.43. The van der Waals surface area contributed by atoms with Crippen LogP contribution in [0.3, 0.4) is 0 Å². The highest BCUT2D eigenvalue weighted by molar-refractivity contribution is 5.71. The van der Waals surface area contributed by atoms with Gasteiger partial charge in [0.05, 0.1) is 5.69 Å². The number of imidazole rings is 1. The zero-order valence-corrected chi connectivity index (χ0v) is 10.1. The van der Waals surface area contributed by atoms with Crippen molar-refractivity contribution in [3.63, 3.8) is 0 Å². The van der Waals surface area contributed by atoms with Crippen molar-refractivity contribution in [3.05, 3.63) is 46.8 Å². The van der Waals surface area contributed by atoms with E-state index in [0.29, 0.717) is 5.82 Å². The SMILES string of the molecule is Cc1c(-c2ccncc2)cc2[nH]c(=O)nc-2n1C. The Morgan fingerprint density at radius 1 is 1.28 bits per heavy atom. The van der Waals surface area contributed by atoms with E-state index >= 15 is 0 Å². The van der Waals surface area contributed by atoms with Crippen LogP contribution in [0.4, 0.5) is 0 Å². The van der Waals surface area contributed by atoms with Gasteiger partial charge in [0.1, 0.15) is 0 Å². The van der Waals surface area contributed by atoms with E-state index in [9.17, 15) is 4.79 Å². The third-order valence-electron chi connectivity index (χ3n) is 3.18. The fourth-order valence-corrected chi connectivity index (χ4v) is 2.12. The van der Waals surface area contributed by atoms with E-state index in [1.54, 1.807) is 12.4 Å². The van der Waals surface area contributed by atoms with Crippen molar-refractivity contribution in [2.75, 3.05) is 0 Å². The van der Waals surface area contributed by atoms with Crippen molar-refractivity contribution in [1.29, 1.82) is 0 Å². The molecule has 0 unspecified atom stereocenters. The van der Waals surface area contributed by atoms with E-state index in [2.05, 4.69) is 15.0 Å². The van der Waals surface area contributed by atoms with Gasteiger partial charge < -0.3 is 9.55 Å². The maximum atomic E-state index is 11.3. The number of hydrogen-bond acceptors (Lipinski definition) is 3. The Kier molecular flexibility index (Phi) is 2.26. The van der Waals surface area contributed by atoms with Gasteiger partial charge in [-0.15, -0.1) is 0 Å². The quantitative estimate of drug-likeness (QED) is 0.702. The van der Waals surface area contributed by atoms with Gasteiger partial charge in [-0.05, 0) is 30.7 Å². The molecule has 2 aliphatic heterocycles. The Bertz CT molecular complexity index is 727. The summed E-state index contributed by atoms with van der Waals surface area (Å²) in [5.74, 6) is 0.676. The second-order valence-corrected chi connectivity index (χ2v) is 4.22. The van der Waals surface area contributed by atoms with Crippen molar-refractivity contribution >= 4 is 0 Å². The lowest BCUT2D eigenvalue weighted by molar-refractivity contribution is 0.847. The zero-order chi connectivity index (χ0) is 12.7. The number of nitrogens with one attached hydrogen (secondary N) is 1. The second kappa shape index (κ2) is 3.80. The lowest BCUT2D eigenvalue weighted by Crippen LogP contribution is -2.05. The molecule has 5 nitrogen and oxygen atoms in total. The molecular formula is C13H12N4O. The summed E-state index contributed by atoms with van der Waals surface area (Å²) in [7, 11) is 1.91. The molecule has 0 aliphatic carbocycles. The van der Waals surface area contributed by atoms with Gasteiger partial charge in [0, 0.05) is 30.7 Å². The molecule has 2 aliphatic rings. The number of H-pyrrole nitrogens is 1. The van der Waals surface area contributed by atoms with Crippen molar-refractivity contribution in [3.8, 4) is 22.6 Å². The molecule has 0 fully saturated rings. The molecular weight excluding hydrogens is 228 g/mol. The van der Waals surface area contributed by atoms with Crippen LogP contribution in [0.1, 0.15) is 5.69 Å². The normalized spacial score (nSPS) is 11.0. The number of aromatic amines is 1. The van der Waals surface area contributed by atoms with Gasteiger partial charge in [0.15, 0.2) is 5.82 Å². The standard InChI is InChI=1S/C13H12N4O/c1-8-10(9-3-5-14-6-4-9)7-11-12(17(8)2)16-13(18)15-11/h3-7H,1-2H3,(H,15,18). The molecule has 3 rings (SSSR count). The van der Waals surface area contributed by atoms with Crippen LogP contribution in [0, 0.1) is 6.92 Å². The van der Waals surface area contributed by atoms with E-state index in [1.807, 2.05) is 36.7 Å². The molecule has 1 aromatic heterocycles. The van der Waals surface area contributed by atoms with Crippen LogP contribution in [-0.2, 0) is 7.05 Å². The minimum Gasteiger partial charge on any atom is -0.331 e. The molecule has 5 heteroatoms. The number of nitrogens with zero attached hydrogens (tertiary/aromatic N) is 3. The first kappa shape index (κ1) is 10.7.